The van der Waals surface area contributed by atoms with Crippen molar-refractivity contribution in [3.8, 4) is 0 Å². The molecule has 39 heavy (non-hydrogen) atoms. The lowest BCUT2D eigenvalue weighted by Crippen LogP contribution is -2.69. The fraction of sp³-hybridized carbons (Fsp3) is 0.917. The maximum absolute atomic E-state index is 11.5. The Morgan fingerprint density at radius 1 is 1.08 bits per heavy atom. The summed E-state index contributed by atoms with van der Waals surface area (Å²) in [6.07, 6.45) is -4.32. The highest BCUT2D eigenvalue weighted by atomic mass is 16.7. The summed E-state index contributed by atoms with van der Waals surface area (Å²) in [4.78, 5) is 0. The maximum Gasteiger partial charge on any atom is 0.215 e. The molecule has 0 bridgehead atoms. The molecule has 0 aromatic heterocycles. The smallest absolute Gasteiger partial charge is 0.215 e. The Labute approximate surface area is 228 Å². The monoisotopic (exact) mass is 565 g/mol. The van der Waals surface area contributed by atoms with Crippen molar-refractivity contribution in [3.05, 3.63) is 11.8 Å². The fourth-order valence-corrected chi connectivity index (χ4v) is 5.30. The minimum absolute atomic E-state index is 0.0220. The molecule has 2 heterocycles. The quantitative estimate of drug-likeness (QED) is 0.0934. The van der Waals surface area contributed by atoms with Crippen LogP contribution in [-0.4, -0.2) is 150 Å². The summed E-state index contributed by atoms with van der Waals surface area (Å²) in [5.41, 5.74) is 11.3. The Kier molecular flexibility index (Phi) is 12.3. The van der Waals surface area contributed by atoms with Crippen molar-refractivity contribution in [2.24, 2.45) is 11.5 Å². The van der Waals surface area contributed by atoms with E-state index >= 15 is 0 Å². The van der Waals surface area contributed by atoms with Gasteiger partial charge in [-0.1, -0.05) is 0 Å². The molecule has 3 aliphatic rings. The average Bonchev–Trinajstić information content (AvgIpc) is 2.90. The van der Waals surface area contributed by atoms with Crippen molar-refractivity contribution in [3.63, 3.8) is 0 Å². The third-order valence-electron chi connectivity index (χ3n) is 7.45. The van der Waals surface area contributed by atoms with Gasteiger partial charge in [-0.2, -0.15) is 0 Å². The molecule has 11 atom stereocenters. The van der Waals surface area contributed by atoms with Crippen LogP contribution in [-0.2, 0) is 18.9 Å². The Morgan fingerprint density at radius 3 is 2.41 bits per heavy atom. The van der Waals surface area contributed by atoms with Crippen LogP contribution in [0.2, 0.25) is 0 Å². The largest absolute Gasteiger partial charge is 0.467 e. The van der Waals surface area contributed by atoms with Crippen molar-refractivity contribution >= 4 is 0 Å². The summed E-state index contributed by atoms with van der Waals surface area (Å²) in [7, 11) is 1.59. The van der Waals surface area contributed by atoms with Crippen LogP contribution in [0, 0.1) is 0 Å². The van der Waals surface area contributed by atoms with E-state index in [0.29, 0.717) is 25.3 Å². The normalized spacial score (nSPS) is 41.4. The Balaban J connectivity index is 1.77. The number of rotatable bonds is 13. The number of nitrogens with two attached hydrogens (primary N) is 2. The van der Waals surface area contributed by atoms with Gasteiger partial charge in [0.25, 0.3) is 0 Å². The second kappa shape index (κ2) is 14.7. The zero-order chi connectivity index (χ0) is 28.7. The Morgan fingerprint density at radius 2 is 1.77 bits per heavy atom. The van der Waals surface area contributed by atoms with Gasteiger partial charge >= 0.3 is 0 Å². The summed E-state index contributed by atoms with van der Waals surface area (Å²) >= 11 is 0. The van der Waals surface area contributed by atoms with Crippen LogP contribution in [0.15, 0.2) is 11.8 Å². The van der Waals surface area contributed by atoms with E-state index in [2.05, 4.69) is 16.0 Å². The molecule has 1 unspecified atom stereocenters. The minimum atomic E-state index is -1.37. The number of hydrogen-bond donors (Lipinski definition) is 11. The van der Waals surface area contributed by atoms with Gasteiger partial charge in [0.2, 0.25) is 6.29 Å². The van der Waals surface area contributed by atoms with Crippen molar-refractivity contribution in [1.82, 2.24) is 16.0 Å². The van der Waals surface area contributed by atoms with Gasteiger partial charge in [-0.3, -0.25) is 0 Å². The molecule has 0 aromatic carbocycles. The van der Waals surface area contributed by atoms with Gasteiger partial charge in [0.15, 0.2) is 6.29 Å². The number of nitrogens with one attached hydrogen (secondary N) is 3. The predicted octanol–water partition coefficient (Wildman–Crippen LogP) is -5.24. The summed E-state index contributed by atoms with van der Waals surface area (Å²) in [6.45, 7) is 1.37. The predicted molar refractivity (Wildman–Crippen MR) is 138 cm³/mol. The van der Waals surface area contributed by atoms with Crippen LogP contribution < -0.4 is 27.4 Å². The van der Waals surface area contributed by atoms with Crippen LogP contribution in [0.25, 0.3) is 0 Å². The fourth-order valence-electron chi connectivity index (χ4n) is 5.30. The molecule has 1 aliphatic carbocycles. The molecule has 2 aliphatic heterocycles. The van der Waals surface area contributed by atoms with Crippen molar-refractivity contribution in [2.45, 2.75) is 92.6 Å². The first-order chi connectivity index (χ1) is 18.6. The minimum Gasteiger partial charge on any atom is -0.467 e. The topological polar surface area (TPSA) is 246 Å². The third kappa shape index (κ3) is 8.05. The van der Waals surface area contributed by atoms with E-state index in [1.807, 2.05) is 6.08 Å². The molecule has 2 fully saturated rings. The first kappa shape index (κ1) is 32.5. The van der Waals surface area contributed by atoms with Gasteiger partial charge in [0.1, 0.15) is 35.8 Å². The van der Waals surface area contributed by atoms with E-state index in [9.17, 15) is 25.5 Å². The molecular formula is C24H47N5O10. The molecule has 0 amide bonds. The summed E-state index contributed by atoms with van der Waals surface area (Å²) in [5.74, 6) is 0.582. The SMILES string of the molecule is CN[C@@H]1[C@@H](O)[C@@H](O[C@H]2[C@H](NC(CO)CO)C[C@H](N)C(O[C@H]3OC(CNCCO)=CC[C@H]3N)[C@@H]2O)OC[C@]1(C)O. The van der Waals surface area contributed by atoms with Crippen molar-refractivity contribution in [1.29, 1.82) is 0 Å². The summed E-state index contributed by atoms with van der Waals surface area (Å²) in [5, 5.41) is 70.2. The van der Waals surface area contributed by atoms with E-state index in [-0.39, 0.29) is 32.8 Å². The Bertz CT molecular complexity index is 776. The third-order valence-corrected chi connectivity index (χ3v) is 7.45. The number of ether oxygens (including phenoxy) is 4. The lowest BCUT2D eigenvalue weighted by molar-refractivity contribution is -0.304. The van der Waals surface area contributed by atoms with E-state index in [4.69, 9.17) is 35.5 Å². The number of aliphatic hydroxyl groups excluding tert-OH is 5. The van der Waals surface area contributed by atoms with Crippen LogP contribution in [0.4, 0.5) is 0 Å². The van der Waals surface area contributed by atoms with E-state index < -0.39 is 72.8 Å². The zero-order valence-electron chi connectivity index (χ0n) is 22.6. The van der Waals surface area contributed by atoms with Gasteiger partial charge in [-0.05, 0) is 32.9 Å². The van der Waals surface area contributed by atoms with E-state index in [1.54, 1.807) is 7.05 Å². The highest BCUT2D eigenvalue weighted by Gasteiger charge is 2.51. The summed E-state index contributed by atoms with van der Waals surface area (Å²) in [6, 6.07) is -3.40. The van der Waals surface area contributed by atoms with Crippen molar-refractivity contribution < 1.29 is 49.6 Å². The molecule has 228 valence electrons. The first-order valence-electron chi connectivity index (χ1n) is 13.4. The van der Waals surface area contributed by atoms with Gasteiger partial charge in [-0.25, -0.2) is 0 Å². The molecular weight excluding hydrogens is 518 g/mol. The zero-order valence-corrected chi connectivity index (χ0v) is 22.6. The van der Waals surface area contributed by atoms with Gasteiger partial charge in [0, 0.05) is 18.6 Å². The molecule has 13 N–H and O–H groups in total. The standard InChI is InChI=1S/C24H47N5O10/c1-24(35)11-36-23(18(34)21(24)27-2)39-20-16(29-12(9-31)10-32)7-15(26)19(17(20)33)38-22-14(25)4-3-13(37-22)8-28-5-6-30/h3,12,14-23,27-35H,4-11,25-26H2,1-2H3/t14-,15+,16-,17+,18-,19?,20+,21-,22-,23-,24+/m1/s1. The van der Waals surface area contributed by atoms with Crippen LogP contribution >= 0.6 is 0 Å². The Hall–Kier alpha value is -1.02. The molecule has 0 aromatic rings. The molecule has 15 heteroatoms. The maximum atomic E-state index is 11.5. The highest BCUT2D eigenvalue weighted by molar-refractivity contribution is 5.05. The van der Waals surface area contributed by atoms with Gasteiger partial charge in [-0.15, -0.1) is 0 Å². The molecule has 3 rings (SSSR count). The lowest BCUT2D eigenvalue weighted by Gasteiger charge is -2.49. The number of aliphatic hydroxyl groups is 6. The first-order valence-corrected chi connectivity index (χ1v) is 13.4. The molecule has 15 nitrogen and oxygen atoms in total. The van der Waals surface area contributed by atoms with E-state index in [1.165, 1.54) is 6.92 Å². The highest BCUT2D eigenvalue weighted by Crippen LogP contribution is 2.32. The van der Waals surface area contributed by atoms with Crippen LogP contribution in [0.5, 0.6) is 0 Å². The van der Waals surface area contributed by atoms with Crippen LogP contribution in [0.3, 0.4) is 0 Å². The lowest BCUT2D eigenvalue weighted by atomic mass is 9.83. The van der Waals surface area contributed by atoms with E-state index in [0.717, 1.165) is 0 Å². The summed E-state index contributed by atoms with van der Waals surface area (Å²) < 4.78 is 23.8. The average molecular weight is 566 g/mol. The van der Waals surface area contributed by atoms with Gasteiger partial charge in [0.05, 0.1) is 51.1 Å². The van der Waals surface area contributed by atoms with Gasteiger partial charge < -0.3 is 77.0 Å². The van der Waals surface area contributed by atoms with Crippen LogP contribution in [0.1, 0.15) is 19.8 Å². The molecule has 1 saturated heterocycles. The van der Waals surface area contributed by atoms with Crippen molar-refractivity contribution in [2.75, 3.05) is 46.6 Å². The molecule has 0 spiro atoms. The second-order valence-corrected chi connectivity index (χ2v) is 10.7. The number of hydrogen-bond acceptors (Lipinski definition) is 15. The number of likely N-dealkylation sites (N-methyl/N-ethyl adjacent to an activating group) is 1. The molecule has 0 radical (unpaired) electrons. The second-order valence-electron chi connectivity index (χ2n) is 10.7. The molecule has 1 saturated carbocycles.